The number of hydrogen-bond acceptors (Lipinski definition) is 6. The van der Waals surface area contributed by atoms with Gasteiger partial charge in [0.2, 0.25) is 0 Å². The van der Waals surface area contributed by atoms with Gasteiger partial charge in [-0.05, 0) is 31.7 Å². The van der Waals surface area contributed by atoms with Gasteiger partial charge in [0.1, 0.15) is 11.8 Å². The molecule has 3 aromatic heterocycles. The highest BCUT2D eigenvalue weighted by Gasteiger charge is 2.47. The van der Waals surface area contributed by atoms with E-state index in [0.29, 0.717) is 18.1 Å². The van der Waals surface area contributed by atoms with E-state index in [2.05, 4.69) is 43.3 Å². The van der Waals surface area contributed by atoms with Crippen molar-refractivity contribution in [1.82, 2.24) is 29.3 Å². The van der Waals surface area contributed by atoms with Gasteiger partial charge in [0.15, 0.2) is 5.82 Å². The van der Waals surface area contributed by atoms with Gasteiger partial charge in [0.25, 0.3) is 0 Å². The lowest BCUT2D eigenvalue weighted by Crippen LogP contribution is -2.60. The molecule has 2 aliphatic heterocycles. The molecule has 29 heavy (non-hydrogen) atoms. The highest BCUT2D eigenvalue weighted by Crippen LogP contribution is 2.41. The van der Waals surface area contributed by atoms with Crippen molar-refractivity contribution in [3.8, 4) is 17.2 Å². The van der Waals surface area contributed by atoms with Gasteiger partial charge in [0, 0.05) is 67.7 Å². The smallest absolute Gasteiger partial charge is 0.156 e. The zero-order valence-corrected chi connectivity index (χ0v) is 16.5. The summed E-state index contributed by atoms with van der Waals surface area (Å²) in [6.07, 6.45) is 12.2. The predicted molar refractivity (Wildman–Crippen MR) is 108 cm³/mol. The molecule has 0 aromatic carbocycles. The Bertz CT molecular complexity index is 1090. The van der Waals surface area contributed by atoms with Crippen LogP contribution in [0, 0.1) is 17.2 Å². The number of aromatic nitrogens is 5. The number of nitrogens with zero attached hydrogens (tertiary/aromatic N) is 8. The predicted octanol–water partition coefficient (Wildman–Crippen LogP) is 2.08. The Labute approximate surface area is 169 Å². The molecule has 0 unspecified atom stereocenters. The van der Waals surface area contributed by atoms with E-state index >= 15 is 0 Å². The van der Waals surface area contributed by atoms with Crippen LogP contribution in [-0.4, -0.2) is 60.5 Å². The van der Waals surface area contributed by atoms with Gasteiger partial charge in [-0.2, -0.15) is 15.5 Å². The number of fused-ring (bicyclic) bond motifs is 3. The van der Waals surface area contributed by atoms with Crippen molar-refractivity contribution in [3.05, 3.63) is 31.0 Å². The molecule has 2 atom stereocenters. The number of anilines is 1. The number of nitriles is 1. The first-order chi connectivity index (χ1) is 14.2. The molecule has 0 spiro atoms. The number of piperazine rings is 1. The molecule has 3 aliphatic rings. The molecule has 148 valence electrons. The summed E-state index contributed by atoms with van der Waals surface area (Å²) in [7, 11) is 1.93. The first kappa shape index (κ1) is 17.0. The maximum Gasteiger partial charge on any atom is 0.156 e. The third-order valence-corrected chi connectivity index (χ3v) is 6.98. The monoisotopic (exact) mass is 388 g/mol. The van der Waals surface area contributed by atoms with E-state index in [1.807, 2.05) is 28.6 Å². The van der Waals surface area contributed by atoms with Crippen LogP contribution < -0.4 is 4.90 Å². The second-order valence-corrected chi connectivity index (χ2v) is 8.73. The molecule has 1 aliphatic carbocycles. The normalized spacial score (nSPS) is 29.2. The fourth-order valence-electron chi connectivity index (χ4n) is 5.53. The van der Waals surface area contributed by atoms with Crippen LogP contribution in [0.25, 0.3) is 16.6 Å². The van der Waals surface area contributed by atoms with E-state index < -0.39 is 0 Å². The molecule has 8 nitrogen and oxygen atoms in total. The lowest BCUT2D eigenvalue weighted by molar-refractivity contribution is 0.0437. The molecular weight excluding hydrogens is 364 g/mol. The Balaban J connectivity index is 1.28. The number of hydrogen-bond donors (Lipinski definition) is 0. The van der Waals surface area contributed by atoms with Crippen molar-refractivity contribution in [2.45, 2.75) is 43.8 Å². The topological polar surface area (TPSA) is 78.3 Å². The van der Waals surface area contributed by atoms with Crippen molar-refractivity contribution >= 4 is 11.3 Å². The number of aryl methyl sites for hydroxylation is 1. The molecule has 5 heterocycles. The fourth-order valence-corrected chi connectivity index (χ4v) is 5.53. The molecule has 2 saturated heterocycles. The molecule has 0 radical (unpaired) electrons. The van der Waals surface area contributed by atoms with Crippen LogP contribution in [0.2, 0.25) is 0 Å². The third kappa shape index (κ3) is 2.64. The van der Waals surface area contributed by atoms with Gasteiger partial charge < -0.3 is 4.90 Å². The van der Waals surface area contributed by atoms with Gasteiger partial charge in [-0.3, -0.25) is 9.58 Å². The fraction of sp³-hybridized carbons (Fsp3) is 0.524. The highest BCUT2D eigenvalue weighted by molar-refractivity contribution is 5.77. The Kier molecular flexibility index (Phi) is 3.68. The number of rotatable bonds is 3. The molecule has 3 fully saturated rings. The quantitative estimate of drug-likeness (QED) is 0.684. The van der Waals surface area contributed by atoms with Crippen LogP contribution in [-0.2, 0) is 7.05 Å². The van der Waals surface area contributed by atoms with Crippen LogP contribution >= 0.6 is 0 Å². The van der Waals surface area contributed by atoms with Crippen molar-refractivity contribution in [2.24, 2.45) is 13.0 Å². The third-order valence-electron chi connectivity index (χ3n) is 6.98. The van der Waals surface area contributed by atoms with Gasteiger partial charge in [0.05, 0.1) is 12.3 Å². The zero-order valence-electron chi connectivity index (χ0n) is 16.5. The van der Waals surface area contributed by atoms with Crippen molar-refractivity contribution in [3.63, 3.8) is 0 Å². The summed E-state index contributed by atoms with van der Waals surface area (Å²) in [6.45, 7) is 2.01. The summed E-state index contributed by atoms with van der Waals surface area (Å²) in [5, 5.41) is 17.9. The Morgan fingerprint density at radius 2 is 1.83 bits per heavy atom. The van der Waals surface area contributed by atoms with E-state index in [9.17, 15) is 0 Å². The van der Waals surface area contributed by atoms with E-state index in [4.69, 9.17) is 5.26 Å². The standard InChI is InChI=1S/C21H24N8/c1-26-9-16(8-24-26)15-6-20-21(23-13-25-28(20)10-15)27-11-17-2-3-18(12-27)29(17)19-4-14(5-19)7-22/h6,8-10,13-14,17-19H,2-5,11-12H2,1H3/t14?,17-,18-,19?/m1/s1. The summed E-state index contributed by atoms with van der Waals surface area (Å²) in [5.74, 6) is 1.29. The van der Waals surface area contributed by atoms with Crippen LogP contribution in [0.5, 0.6) is 0 Å². The average molecular weight is 388 g/mol. The summed E-state index contributed by atoms with van der Waals surface area (Å²) in [6, 6.07) is 6.35. The Morgan fingerprint density at radius 3 is 2.52 bits per heavy atom. The van der Waals surface area contributed by atoms with Crippen molar-refractivity contribution in [2.75, 3.05) is 18.0 Å². The molecule has 8 heteroatoms. The van der Waals surface area contributed by atoms with E-state index in [0.717, 1.165) is 48.4 Å². The minimum absolute atomic E-state index is 0.269. The minimum atomic E-state index is 0.269. The molecule has 3 aromatic rings. The van der Waals surface area contributed by atoms with E-state index in [1.165, 1.54) is 12.8 Å². The summed E-state index contributed by atoms with van der Waals surface area (Å²) >= 11 is 0. The van der Waals surface area contributed by atoms with Crippen molar-refractivity contribution in [1.29, 1.82) is 5.26 Å². The highest BCUT2D eigenvalue weighted by atomic mass is 15.4. The van der Waals surface area contributed by atoms with Gasteiger partial charge >= 0.3 is 0 Å². The largest absolute Gasteiger partial charge is 0.352 e. The Morgan fingerprint density at radius 1 is 1.03 bits per heavy atom. The van der Waals surface area contributed by atoms with E-state index in [1.54, 1.807) is 6.33 Å². The molecule has 0 amide bonds. The van der Waals surface area contributed by atoms with Crippen LogP contribution in [0.1, 0.15) is 25.7 Å². The van der Waals surface area contributed by atoms with Crippen LogP contribution in [0.4, 0.5) is 5.82 Å². The van der Waals surface area contributed by atoms with E-state index in [-0.39, 0.29) is 5.92 Å². The van der Waals surface area contributed by atoms with Crippen LogP contribution in [0.3, 0.4) is 0 Å². The average Bonchev–Trinajstić information content (AvgIpc) is 3.37. The maximum atomic E-state index is 9.13. The molecule has 6 rings (SSSR count). The van der Waals surface area contributed by atoms with Gasteiger partial charge in [-0.25, -0.2) is 9.50 Å². The summed E-state index contributed by atoms with van der Waals surface area (Å²) in [5.41, 5.74) is 3.25. The lowest BCUT2D eigenvalue weighted by Gasteiger charge is -2.49. The second-order valence-electron chi connectivity index (χ2n) is 8.73. The SMILES string of the molecule is Cn1cc(-c2cc3c(N4C[C@H]5CC[C@H](C4)N5C4CC(C#N)C4)ncnn3c2)cn1. The van der Waals surface area contributed by atoms with Gasteiger partial charge in [-0.1, -0.05) is 0 Å². The Hall–Kier alpha value is -2.92. The van der Waals surface area contributed by atoms with Crippen molar-refractivity contribution < 1.29 is 0 Å². The summed E-state index contributed by atoms with van der Waals surface area (Å²) in [4.78, 5) is 9.85. The second kappa shape index (κ2) is 6.29. The molecular formula is C21H24N8. The lowest BCUT2D eigenvalue weighted by atomic mass is 9.79. The zero-order chi connectivity index (χ0) is 19.5. The molecule has 0 N–H and O–H groups in total. The first-order valence-corrected chi connectivity index (χ1v) is 10.4. The minimum Gasteiger partial charge on any atom is -0.352 e. The maximum absolute atomic E-state index is 9.13. The first-order valence-electron chi connectivity index (χ1n) is 10.4. The molecule has 1 saturated carbocycles. The van der Waals surface area contributed by atoms with Crippen LogP contribution in [0.15, 0.2) is 31.0 Å². The summed E-state index contributed by atoms with van der Waals surface area (Å²) < 4.78 is 3.75. The van der Waals surface area contributed by atoms with Gasteiger partial charge in [-0.15, -0.1) is 0 Å². The molecule has 2 bridgehead atoms.